The summed E-state index contributed by atoms with van der Waals surface area (Å²) in [7, 11) is 0. The first-order valence-corrected chi connectivity index (χ1v) is 32.7. The molecule has 6 nitrogen and oxygen atoms in total. The highest BCUT2D eigenvalue weighted by atomic mass is 16.3. The third-order valence-corrected chi connectivity index (χ3v) is 20.1. The summed E-state index contributed by atoms with van der Waals surface area (Å²) in [5.74, 6) is 0. The van der Waals surface area contributed by atoms with Gasteiger partial charge in [0.25, 0.3) is 0 Å². The van der Waals surface area contributed by atoms with E-state index in [2.05, 4.69) is 313 Å². The monoisotopic (exact) mass is 1220 g/mol. The molecule has 4 heterocycles. The van der Waals surface area contributed by atoms with E-state index in [-0.39, 0.29) is 0 Å². The molecule has 0 saturated carbocycles. The molecular weight excluding hydrogens is 1170 g/mol. The number of nitrogens with zero attached hydrogens (tertiary/aromatic N) is 2. The molecular formula is C90H52N2O4. The van der Waals surface area contributed by atoms with E-state index >= 15 is 0 Å². The van der Waals surface area contributed by atoms with E-state index < -0.39 is 0 Å². The number of anilines is 6. The van der Waals surface area contributed by atoms with Crippen LogP contribution >= 0.6 is 0 Å². The van der Waals surface area contributed by atoms with Crippen molar-refractivity contribution in [1.29, 1.82) is 0 Å². The maximum atomic E-state index is 6.96. The van der Waals surface area contributed by atoms with E-state index in [9.17, 15) is 0 Å². The second-order valence-electron chi connectivity index (χ2n) is 25.3. The zero-order valence-electron chi connectivity index (χ0n) is 51.5. The van der Waals surface area contributed by atoms with Crippen molar-refractivity contribution < 1.29 is 17.7 Å². The molecule has 0 fully saturated rings. The van der Waals surface area contributed by atoms with Crippen LogP contribution < -0.4 is 9.80 Å². The van der Waals surface area contributed by atoms with Gasteiger partial charge in [0.15, 0.2) is 11.2 Å². The molecule has 446 valence electrons. The summed E-state index contributed by atoms with van der Waals surface area (Å²) in [5.41, 5.74) is 17.0. The molecule has 0 aliphatic rings. The van der Waals surface area contributed by atoms with Crippen molar-refractivity contribution in [2.24, 2.45) is 0 Å². The Balaban J connectivity index is 0.733. The summed E-state index contributed by atoms with van der Waals surface area (Å²) in [6.07, 6.45) is 0. The molecule has 0 aliphatic heterocycles. The second kappa shape index (κ2) is 20.3. The first kappa shape index (κ1) is 52.7. The lowest BCUT2D eigenvalue weighted by molar-refractivity contribution is 0.656. The Hall–Kier alpha value is -12.9. The highest BCUT2D eigenvalue weighted by Gasteiger charge is 2.30. The molecule has 0 aliphatic carbocycles. The standard InChI is InChI=1S/C90H52N2O4/c1-3-21-53(22-4-1)85-67-31-11-7-25-61(67)63-27-9-13-33-69(63)87(85)91(77-37-19-35-71-65-29-15-17-39-79(65)95-89(71)77)59-43-41-55-47-73-75-51-76-74-48-56-42-44-60(46-58(56)50-82(74)94-84(76)52-83(75)93-81(73)49-57(55)45-59)92(78-38-20-36-72-66-30-16-18-40-80(66)96-90(72)78)88-70-34-14-10-28-64(70)62-26-8-12-32-68(62)86(88)54-23-5-2-6-24-54/h1-52H. The number of benzene rings is 17. The highest BCUT2D eigenvalue weighted by Crippen LogP contribution is 2.55. The third kappa shape index (κ3) is 7.75. The Morgan fingerprint density at radius 3 is 0.969 bits per heavy atom. The molecule has 0 amide bonds. The lowest BCUT2D eigenvalue weighted by atomic mass is 9.90. The van der Waals surface area contributed by atoms with Gasteiger partial charge in [0.1, 0.15) is 33.5 Å². The number of rotatable bonds is 8. The molecule has 0 spiro atoms. The molecule has 17 aromatic carbocycles. The van der Waals surface area contributed by atoms with Crippen molar-refractivity contribution in [2.75, 3.05) is 9.80 Å². The first-order chi connectivity index (χ1) is 47.6. The molecule has 0 unspecified atom stereocenters. The number of furan rings is 4. The number of fused-ring (bicyclic) bond motifs is 20. The quantitative estimate of drug-likeness (QED) is 0.141. The molecule has 96 heavy (non-hydrogen) atoms. The van der Waals surface area contributed by atoms with Crippen LogP contribution in [0.2, 0.25) is 0 Å². The number of hydrogen-bond donors (Lipinski definition) is 0. The fourth-order valence-corrected chi connectivity index (χ4v) is 15.9. The van der Waals surface area contributed by atoms with Crippen LogP contribution in [0.4, 0.5) is 34.1 Å². The van der Waals surface area contributed by atoms with Crippen LogP contribution in [-0.2, 0) is 0 Å². The normalized spacial score (nSPS) is 12.2. The van der Waals surface area contributed by atoms with Gasteiger partial charge in [0, 0.05) is 82.4 Å². The van der Waals surface area contributed by atoms with Gasteiger partial charge in [-0.25, -0.2) is 0 Å². The maximum Gasteiger partial charge on any atom is 0.159 e. The van der Waals surface area contributed by atoms with E-state index in [4.69, 9.17) is 17.7 Å². The summed E-state index contributed by atoms with van der Waals surface area (Å²) in [4.78, 5) is 4.86. The van der Waals surface area contributed by atoms with Gasteiger partial charge in [0.2, 0.25) is 0 Å². The van der Waals surface area contributed by atoms with Crippen molar-refractivity contribution in [2.45, 2.75) is 0 Å². The predicted molar refractivity (Wildman–Crippen MR) is 401 cm³/mol. The van der Waals surface area contributed by atoms with E-state index in [1.165, 1.54) is 32.3 Å². The summed E-state index contributed by atoms with van der Waals surface area (Å²) in [5, 5.41) is 22.1. The Morgan fingerprint density at radius 1 is 0.188 bits per heavy atom. The molecule has 0 N–H and O–H groups in total. The predicted octanol–water partition coefficient (Wildman–Crippen LogP) is 26.5. The Labute approximate surface area is 548 Å². The lowest BCUT2D eigenvalue weighted by Crippen LogP contribution is -2.12. The van der Waals surface area contributed by atoms with Gasteiger partial charge < -0.3 is 27.5 Å². The Kier molecular flexibility index (Phi) is 11.1. The van der Waals surface area contributed by atoms with Crippen LogP contribution in [-0.4, -0.2) is 0 Å². The molecule has 0 radical (unpaired) electrons. The summed E-state index contributed by atoms with van der Waals surface area (Å²) < 4.78 is 27.8. The van der Waals surface area contributed by atoms with Gasteiger partial charge in [-0.15, -0.1) is 0 Å². The zero-order chi connectivity index (χ0) is 62.7. The molecule has 0 atom stereocenters. The summed E-state index contributed by atoms with van der Waals surface area (Å²) >= 11 is 0. The fourth-order valence-electron chi connectivity index (χ4n) is 15.9. The number of hydrogen-bond acceptors (Lipinski definition) is 6. The second-order valence-corrected chi connectivity index (χ2v) is 25.3. The van der Waals surface area contributed by atoms with Gasteiger partial charge in [-0.3, -0.25) is 0 Å². The fraction of sp³-hybridized carbons (Fsp3) is 0. The van der Waals surface area contributed by atoms with Crippen molar-refractivity contribution in [3.8, 4) is 22.3 Å². The lowest BCUT2D eigenvalue weighted by Gasteiger charge is -2.30. The van der Waals surface area contributed by atoms with E-state index in [1.807, 2.05) is 12.1 Å². The van der Waals surface area contributed by atoms with E-state index in [0.717, 1.165) is 176 Å². The summed E-state index contributed by atoms with van der Waals surface area (Å²) in [6, 6.07) is 114. The highest BCUT2D eigenvalue weighted by molar-refractivity contribution is 6.27. The Morgan fingerprint density at radius 2 is 0.531 bits per heavy atom. The van der Waals surface area contributed by atoms with E-state index in [1.54, 1.807) is 0 Å². The van der Waals surface area contributed by atoms with Crippen LogP contribution in [0.15, 0.2) is 333 Å². The molecule has 21 rings (SSSR count). The topological polar surface area (TPSA) is 59.0 Å². The van der Waals surface area contributed by atoms with Crippen molar-refractivity contribution in [3.05, 3.63) is 315 Å². The number of para-hydroxylation sites is 4. The van der Waals surface area contributed by atoms with Gasteiger partial charge in [-0.2, -0.15) is 0 Å². The average molecular weight is 1230 g/mol. The van der Waals surface area contributed by atoms with Gasteiger partial charge in [-0.1, -0.05) is 231 Å². The third-order valence-electron chi connectivity index (χ3n) is 20.1. The van der Waals surface area contributed by atoms with Crippen LogP contribution in [0.5, 0.6) is 0 Å². The van der Waals surface area contributed by atoms with Crippen LogP contribution in [0, 0.1) is 0 Å². The van der Waals surface area contributed by atoms with Crippen molar-refractivity contribution >= 4 is 187 Å². The minimum Gasteiger partial charge on any atom is -0.456 e. The molecule has 21 aromatic rings. The van der Waals surface area contributed by atoms with Crippen molar-refractivity contribution in [3.63, 3.8) is 0 Å². The first-order valence-electron chi connectivity index (χ1n) is 32.7. The molecule has 0 saturated heterocycles. The molecule has 0 bridgehead atoms. The minimum atomic E-state index is 0.763. The Bertz CT molecular complexity index is 6440. The maximum absolute atomic E-state index is 6.96. The SMILES string of the molecule is c1ccc(-c2c(N(c3ccc4cc5c(cc4c3)oc3cc4oc6cc7cc(N(c8c(-c9ccccc9)c9ccccc9c9ccccc89)c8cccc9c8oc8ccccc89)ccc7cc6c4cc35)c3cccc4c3oc3ccccc34)c3ccccc3c3ccccc23)cc1. The van der Waals surface area contributed by atoms with E-state index in [0.29, 0.717) is 0 Å². The van der Waals surface area contributed by atoms with Crippen LogP contribution in [0.3, 0.4) is 0 Å². The minimum absolute atomic E-state index is 0.763. The molecule has 6 heteroatoms. The van der Waals surface area contributed by atoms with Gasteiger partial charge >= 0.3 is 0 Å². The molecule has 4 aromatic heterocycles. The smallest absolute Gasteiger partial charge is 0.159 e. The summed E-state index contributed by atoms with van der Waals surface area (Å²) in [6.45, 7) is 0. The van der Waals surface area contributed by atoms with Crippen molar-refractivity contribution in [1.82, 2.24) is 0 Å². The largest absolute Gasteiger partial charge is 0.456 e. The zero-order valence-corrected chi connectivity index (χ0v) is 51.5. The van der Waals surface area contributed by atoms with Crippen LogP contribution in [0.1, 0.15) is 0 Å². The van der Waals surface area contributed by atoms with Gasteiger partial charge in [0.05, 0.1) is 22.7 Å². The van der Waals surface area contributed by atoms with Gasteiger partial charge in [-0.05, 0) is 144 Å². The average Bonchev–Trinajstić information content (AvgIpc) is 0.770. The van der Waals surface area contributed by atoms with Crippen LogP contribution in [0.25, 0.3) is 175 Å².